The molecule has 0 radical (unpaired) electrons. The average Bonchev–Trinajstić information content (AvgIpc) is 2.92. The summed E-state index contributed by atoms with van der Waals surface area (Å²) < 4.78 is 15.4. The second-order valence-electron chi connectivity index (χ2n) is 4.82. The van der Waals surface area contributed by atoms with E-state index in [0.29, 0.717) is 16.0 Å². The van der Waals surface area contributed by atoms with Crippen molar-refractivity contribution in [2.24, 2.45) is 7.05 Å². The van der Waals surface area contributed by atoms with Crippen molar-refractivity contribution in [1.29, 1.82) is 0 Å². The Labute approximate surface area is 139 Å². The Bertz CT molecular complexity index is 860. The Balaban J connectivity index is 1.86. The van der Waals surface area contributed by atoms with Gasteiger partial charge >= 0.3 is 0 Å². The second-order valence-corrected chi connectivity index (χ2v) is 5.73. The van der Waals surface area contributed by atoms with Gasteiger partial charge in [-0.25, -0.2) is 9.07 Å². The van der Waals surface area contributed by atoms with Gasteiger partial charge in [0, 0.05) is 28.3 Å². The van der Waals surface area contributed by atoms with Crippen LogP contribution in [-0.2, 0) is 7.05 Å². The number of nitrogens with one attached hydrogen (secondary N) is 1. The lowest BCUT2D eigenvalue weighted by atomic mass is 10.1. The van der Waals surface area contributed by atoms with E-state index in [0.717, 1.165) is 5.56 Å². The van der Waals surface area contributed by atoms with Crippen LogP contribution in [0.3, 0.4) is 0 Å². The third kappa shape index (κ3) is 3.42. The van der Waals surface area contributed by atoms with Crippen molar-refractivity contribution in [3.8, 4) is 11.4 Å². The van der Waals surface area contributed by atoms with Crippen LogP contribution in [0, 0.1) is 5.82 Å². The fraction of sp³-hybridized carbons (Fsp3) is 0.0667. The van der Waals surface area contributed by atoms with Crippen LogP contribution < -0.4 is 5.32 Å². The number of aromatic nitrogens is 4. The second kappa shape index (κ2) is 6.25. The summed E-state index contributed by atoms with van der Waals surface area (Å²) in [6, 6.07) is 11.1. The van der Waals surface area contributed by atoms with Crippen molar-refractivity contribution in [3.63, 3.8) is 0 Å². The van der Waals surface area contributed by atoms with E-state index in [2.05, 4.69) is 36.8 Å². The summed E-state index contributed by atoms with van der Waals surface area (Å²) in [5.41, 5.74) is 1.55. The molecular formula is C15H11BrFN5O. The van der Waals surface area contributed by atoms with E-state index in [4.69, 9.17) is 0 Å². The van der Waals surface area contributed by atoms with Gasteiger partial charge in [0.1, 0.15) is 5.82 Å². The van der Waals surface area contributed by atoms with E-state index in [1.54, 1.807) is 31.3 Å². The Morgan fingerprint density at radius 3 is 2.78 bits per heavy atom. The highest BCUT2D eigenvalue weighted by atomic mass is 79.9. The molecule has 23 heavy (non-hydrogen) atoms. The normalized spacial score (nSPS) is 10.6. The van der Waals surface area contributed by atoms with Crippen LogP contribution in [-0.4, -0.2) is 26.1 Å². The molecule has 0 atom stereocenters. The molecule has 116 valence electrons. The lowest BCUT2D eigenvalue weighted by Crippen LogP contribution is -2.12. The summed E-state index contributed by atoms with van der Waals surface area (Å²) in [7, 11) is 1.73. The predicted molar refractivity (Wildman–Crippen MR) is 86.3 cm³/mol. The largest absolute Gasteiger partial charge is 0.322 e. The van der Waals surface area contributed by atoms with Crippen LogP contribution in [0.15, 0.2) is 46.9 Å². The molecule has 0 bridgehead atoms. The third-order valence-corrected chi connectivity index (χ3v) is 3.58. The molecule has 6 nitrogen and oxygen atoms in total. The van der Waals surface area contributed by atoms with Gasteiger partial charge in [-0.05, 0) is 40.8 Å². The SMILES string of the molecule is Cn1nnnc1-c1cccc(NC(=O)c2cc(F)cc(Br)c2)c1. The molecule has 0 aliphatic carbocycles. The summed E-state index contributed by atoms with van der Waals surface area (Å²) in [6.45, 7) is 0. The smallest absolute Gasteiger partial charge is 0.255 e. The van der Waals surface area contributed by atoms with Crippen LogP contribution >= 0.6 is 15.9 Å². The van der Waals surface area contributed by atoms with Gasteiger partial charge in [0.15, 0.2) is 5.82 Å². The van der Waals surface area contributed by atoms with Crippen molar-refractivity contribution in [2.45, 2.75) is 0 Å². The van der Waals surface area contributed by atoms with Gasteiger partial charge in [-0.1, -0.05) is 28.1 Å². The monoisotopic (exact) mass is 375 g/mol. The van der Waals surface area contributed by atoms with E-state index in [9.17, 15) is 9.18 Å². The number of benzene rings is 2. The molecule has 1 aromatic heterocycles. The zero-order valence-electron chi connectivity index (χ0n) is 12.0. The number of rotatable bonds is 3. The van der Waals surface area contributed by atoms with Gasteiger partial charge in [-0.2, -0.15) is 0 Å². The highest BCUT2D eigenvalue weighted by molar-refractivity contribution is 9.10. The van der Waals surface area contributed by atoms with Gasteiger partial charge in [0.2, 0.25) is 0 Å². The van der Waals surface area contributed by atoms with Crippen LogP contribution in [0.4, 0.5) is 10.1 Å². The Morgan fingerprint density at radius 1 is 1.26 bits per heavy atom. The summed E-state index contributed by atoms with van der Waals surface area (Å²) in [5, 5.41) is 14.0. The molecule has 1 amide bonds. The minimum atomic E-state index is -0.483. The van der Waals surface area contributed by atoms with Crippen molar-refractivity contribution in [3.05, 3.63) is 58.3 Å². The first-order valence-electron chi connectivity index (χ1n) is 6.63. The molecule has 3 aromatic rings. The number of hydrogen-bond donors (Lipinski definition) is 1. The molecule has 0 spiro atoms. The quantitative estimate of drug-likeness (QED) is 0.763. The number of carbonyl (C=O) groups excluding carboxylic acids is 1. The topological polar surface area (TPSA) is 72.7 Å². The van der Waals surface area contributed by atoms with Crippen molar-refractivity contribution < 1.29 is 9.18 Å². The molecule has 2 aromatic carbocycles. The zero-order chi connectivity index (χ0) is 16.4. The van der Waals surface area contributed by atoms with Gasteiger partial charge in [-0.15, -0.1) is 5.10 Å². The Hall–Kier alpha value is -2.61. The number of nitrogens with zero attached hydrogens (tertiary/aromatic N) is 4. The molecule has 8 heteroatoms. The molecule has 1 N–H and O–H groups in total. The molecule has 0 fully saturated rings. The van der Waals surface area contributed by atoms with Crippen molar-refractivity contribution in [1.82, 2.24) is 20.2 Å². The van der Waals surface area contributed by atoms with Gasteiger partial charge < -0.3 is 5.32 Å². The van der Waals surface area contributed by atoms with E-state index < -0.39 is 11.7 Å². The van der Waals surface area contributed by atoms with Crippen molar-refractivity contribution >= 4 is 27.5 Å². The van der Waals surface area contributed by atoms with Crippen LogP contribution in [0.1, 0.15) is 10.4 Å². The average molecular weight is 376 g/mol. The van der Waals surface area contributed by atoms with Crippen molar-refractivity contribution in [2.75, 3.05) is 5.32 Å². The minimum absolute atomic E-state index is 0.225. The fourth-order valence-electron chi connectivity index (χ4n) is 2.10. The van der Waals surface area contributed by atoms with E-state index in [-0.39, 0.29) is 5.56 Å². The van der Waals surface area contributed by atoms with E-state index >= 15 is 0 Å². The van der Waals surface area contributed by atoms with Gasteiger partial charge in [0.05, 0.1) is 0 Å². The maximum atomic E-state index is 13.4. The standard InChI is InChI=1S/C15H11BrFN5O/c1-22-14(19-20-21-22)9-3-2-4-13(7-9)18-15(23)10-5-11(16)8-12(17)6-10/h2-8H,1H3,(H,18,23). The summed E-state index contributed by atoms with van der Waals surface area (Å²) in [5.74, 6) is -0.309. The number of anilines is 1. The Kier molecular flexibility index (Phi) is 4.16. The molecule has 0 saturated carbocycles. The van der Waals surface area contributed by atoms with Gasteiger partial charge in [0.25, 0.3) is 5.91 Å². The molecular weight excluding hydrogens is 365 g/mol. The lowest BCUT2D eigenvalue weighted by Gasteiger charge is -2.07. The summed E-state index contributed by atoms with van der Waals surface area (Å²) in [4.78, 5) is 12.2. The van der Waals surface area contributed by atoms with E-state index in [1.165, 1.54) is 16.8 Å². The first-order chi connectivity index (χ1) is 11.0. The highest BCUT2D eigenvalue weighted by Crippen LogP contribution is 2.21. The number of carbonyl (C=O) groups is 1. The van der Waals surface area contributed by atoms with Gasteiger partial charge in [-0.3, -0.25) is 4.79 Å². The number of aryl methyl sites for hydroxylation is 1. The fourth-order valence-corrected chi connectivity index (χ4v) is 2.56. The number of hydrogen-bond acceptors (Lipinski definition) is 4. The number of tetrazole rings is 1. The summed E-state index contributed by atoms with van der Waals surface area (Å²) in [6.07, 6.45) is 0. The summed E-state index contributed by atoms with van der Waals surface area (Å²) >= 11 is 3.17. The first kappa shape index (κ1) is 15.3. The molecule has 0 saturated heterocycles. The molecule has 3 rings (SSSR count). The minimum Gasteiger partial charge on any atom is -0.322 e. The third-order valence-electron chi connectivity index (χ3n) is 3.12. The molecule has 0 unspecified atom stereocenters. The van der Waals surface area contributed by atoms with Crippen LogP contribution in [0.25, 0.3) is 11.4 Å². The maximum Gasteiger partial charge on any atom is 0.255 e. The molecule has 0 aliphatic rings. The molecule has 0 aliphatic heterocycles. The van der Waals surface area contributed by atoms with Crippen LogP contribution in [0.5, 0.6) is 0 Å². The zero-order valence-corrected chi connectivity index (χ0v) is 13.6. The Morgan fingerprint density at radius 2 is 2.09 bits per heavy atom. The predicted octanol–water partition coefficient (Wildman–Crippen LogP) is 3.03. The first-order valence-corrected chi connectivity index (χ1v) is 7.42. The highest BCUT2D eigenvalue weighted by Gasteiger charge is 2.11. The van der Waals surface area contributed by atoms with E-state index in [1.807, 2.05) is 6.07 Å². The lowest BCUT2D eigenvalue weighted by molar-refractivity contribution is 0.102. The number of halogens is 2. The molecule has 1 heterocycles. The van der Waals surface area contributed by atoms with Crippen LogP contribution in [0.2, 0.25) is 0 Å². The number of amides is 1. The maximum absolute atomic E-state index is 13.4.